The van der Waals surface area contributed by atoms with Crippen molar-refractivity contribution in [1.82, 2.24) is 4.57 Å². The maximum absolute atomic E-state index is 13.1. The Bertz CT molecular complexity index is 912. The van der Waals surface area contributed by atoms with Crippen LogP contribution in [0.3, 0.4) is 0 Å². The number of Topliss-reactive ketones (excluding diaryl/α,β-unsaturated/α-hetero) is 1. The molecular formula is C21H22N2O2. The lowest BCUT2D eigenvalue weighted by molar-refractivity contribution is -0.121. The minimum Gasteiger partial charge on any atom is -0.334 e. The van der Waals surface area contributed by atoms with Crippen LogP contribution in [-0.4, -0.2) is 22.8 Å². The van der Waals surface area contributed by atoms with E-state index in [-0.39, 0.29) is 11.7 Å². The summed E-state index contributed by atoms with van der Waals surface area (Å²) in [5.41, 5.74) is 2.43. The van der Waals surface area contributed by atoms with Crippen LogP contribution in [0.5, 0.6) is 0 Å². The first kappa shape index (κ1) is 17.0. The first-order valence-electron chi connectivity index (χ1n) is 8.51. The molecule has 0 saturated heterocycles. The number of benzene rings is 2. The molecule has 0 aliphatic heterocycles. The fraction of sp³-hybridized carbons (Fsp3) is 0.238. The molecule has 0 spiro atoms. The number of hydrogen-bond acceptors (Lipinski definition) is 2. The molecule has 0 unspecified atom stereocenters. The number of ketones is 1. The van der Waals surface area contributed by atoms with Gasteiger partial charge in [0.25, 0.3) is 0 Å². The Morgan fingerprint density at radius 2 is 1.68 bits per heavy atom. The number of nitrogens with zero attached hydrogens (tertiary/aromatic N) is 2. The van der Waals surface area contributed by atoms with Crippen LogP contribution in [-0.2, 0) is 4.79 Å². The Kier molecular flexibility index (Phi) is 4.70. The van der Waals surface area contributed by atoms with Crippen molar-refractivity contribution in [2.24, 2.45) is 0 Å². The highest BCUT2D eigenvalue weighted by Gasteiger charge is 2.24. The van der Waals surface area contributed by atoms with Gasteiger partial charge in [-0.3, -0.25) is 9.59 Å². The van der Waals surface area contributed by atoms with E-state index in [0.717, 1.165) is 16.6 Å². The minimum atomic E-state index is -0.404. The van der Waals surface area contributed by atoms with Gasteiger partial charge in [-0.25, -0.2) is 0 Å². The molecule has 1 aromatic heterocycles. The largest absolute Gasteiger partial charge is 0.334 e. The number of rotatable bonds is 5. The van der Waals surface area contributed by atoms with Crippen molar-refractivity contribution < 1.29 is 9.59 Å². The maximum atomic E-state index is 13.1. The standard InChI is InChI=1S/C21H22N2O2/c1-4-22(17-10-6-5-7-11-17)21(25)15(2)23-14-19(16(3)24)18-12-8-9-13-20(18)23/h5-15H,4H2,1-3H3/t15-/m1/s1. The molecule has 0 aliphatic rings. The van der Waals surface area contributed by atoms with Gasteiger partial charge in [-0.15, -0.1) is 0 Å². The highest BCUT2D eigenvalue weighted by atomic mass is 16.2. The number of hydrogen-bond donors (Lipinski definition) is 0. The van der Waals surface area contributed by atoms with Gasteiger partial charge >= 0.3 is 0 Å². The quantitative estimate of drug-likeness (QED) is 0.647. The smallest absolute Gasteiger partial charge is 0.249 e. The zero-order chi connectivity index (χ0) is 18.0. The molecule has 0 saturated carbocycles. The first-order valence-corrected chi connectivity index (χ1v) is 8.51. The second-order valence-corrected chi connectivity index (χ2v) is 6.12. The van der Waals surface area contributed by atoms with E-state index in [2.05, 4.69) is 0 Å². The molecule has 4 nitrogen and oxygen atoms in total. The normalized spacial score (nSPS) is 12.1. The van der Waals surface area contributed by atoms with Crippen molar-refractivity contribution >= 4 is 28.3 Å². The van der Waals surface area contributed by atoms with Crippen LogP contribution in [0.1, 0.15) is 37.2 Å². The summed E-state index contributed by atoms with van der Waals surface area (Å²) in [6, 6.07) is 17.0. The van der Waals surface area contributed by atoms with Crippen molar-refractivity contribution in [3.63, 3.8) is 0 Å². The van der Waals surface area contributed by atoms with Crippen LogP contribution in [0.15, 0.2) is 60.8 Å². The molecule has 0 radical (unpaired) electrons. The van der Waals surface area contributed by atoms with E-state index < -0.39 is 6.04 Å². The lowest BCUT2D eigenvalue weighted by Gasteiger charge is -2.25. The third-order valence-electron chi connectivity index (χ3n) is 4.54. The van der Waals surface area contributed by atoms with Crippen LogP contribution in [0.4, 0.5) is 5.69 Å². The van der Waals surface area contributed by atoms with E-state index in [1.54, 1.807) is 18.0 Å². The molecule has 1 atom stereocenters. The third kappa shape index (κ3) is 3.07. The van der Waals surface area contributed by atoms with Crippen LogP contribution in [0.25, 0.3) is 10.9 Å². The number of amides is 1. The number of para-hydroxylation sites is 2. The number of aromatic nitrogens is 1. The fourth-order valence-corrected chi connectivity index (χ4v) is 3.22. The maximum Gasteiger partial charge on any atom is 0.249 e. The van der Waals surface area contributed by atoms with Crippen molar-refractivity contribution in [2.45, 2.75) is 26.8 Å². The summed E-state index contributed by atoms with van der Waals surface area (Å²) in [5, 5.41) is 0.886. The molecule has 25 heavy (non-hydrogen) atoms. The van der Waals surface area contributed by atoms with Gasteiger partial charge < -0.3 is 9.47 Å². The Morgan fingerprint density at radius 3 is 2.32 bits per heavy atom. The van der Waals surface area contributed by atoms with Crippen LogP contribution in [0.2, 0.25) is 0 Å². The topological polar surface area (TPSA) is 42.3 Å². The number of fused-ring (bicyclic) bond motifs is 1. The molecule has 3 aromatic rings. The van der Waals surface area contributed by atoms with Gasteiger partial charge in [-0.05, 0) is 39.0 Å². The van der Waals surface area contributed by atoms with Gasteiger partial charge in [-0.2, -0.15) is 0 Å². The Balaban J connectivity index is 2.03. The number of likely N-dealkylation sites (N-methyl/N-ethyl adjacent to an activating group) is 1. The SMILES string of the molecule is CCN(C(=O)[C@@H](C)n1cc(C(C)=O)c2ccccc21)c1ccccc1. The van der Waals surface area contributed by atoms with E-state index in [9.17, 15) is 9.59 Å². The third-order valence-corrected chi connectivity index (χ3v) is 4.54. The average Bonchev–Trinajstić information content (AvgIpc) is 3.02. The molecule has 128 valence electrons. The van der Waals surface area contributed by atoms with E-state index in [1.807, 2.05) is 73.0 Å². The molecule has 2 aromatic carbocycles. The summed E-state index contributed by atoms with van der Waals surface area (Å²) in [6.45, 7) is 5.99. The average molecular weight is 334 g/mol. The molecule has 4 heteroatoms. The van der Waals surface area contributed by atoms with Gasteiger partial charge in [0.05, 0.1) is 0 Å². The summed E-state index contributed by atoms with van der Waals surface area (Å²) in [6.07, 6.45) is 1.80. The summed E-state index contributed by atoms with van der Waals surface area (Å²) < 4.78 is 1.90. The summed E-state index contributed by atoms with van der Waals surface area (Å²) in [4.78, 5) is 26.9. The zero-order valence-electron chi connectivity index (χ0n) is 14.8. The summed E-state index contributed by atoms with van der Waals surface area (Å²) in [7, 11) is 0. The van der Waals surface area contributed by atoms with Crippen molar-refractivity contribution in [3.8, 4) is 0 Å². The van der Waals surface area contributed by atoms with Crippen molar-refractivity contribution in [2.75, 3.05) is 11.4 Å². The summed E-state index contributed by atoms with van der Waals surface area (Å²) >= 11 is 0. The highest BCUT2D eigenvalue weighted by Crippen LogP contribution is 2.27. The molecular weight excluding hydrogens is 312 g/mol. The van der Waals surface area contributed by atoms with E-state index in [4.69, 9.17) is 0 Å². The van der Waals surface area contributed by atoms with Crippen molar-refractivity contribution in [1.29, 1.82) is 0 Å². The highest BCUT2D eigenvalue weighted by molar-refractivity contribution is 6.07. The predicted octanol–water partition coefficient (Wildman–Crippen LogP) is 4.46. The molecule has 1 amide bonds. The van der Waals surface area contributed by atoms with Crippen LogP contribution >= 0.6 is 0 Å². The summed E-state index contributed by atoms with van der Waals surface area (Å²) in [5.74, 6) is 0.00885. The minimum absolute atomic E-state index is 0.00422. The number of carbonyl (C=O) groups excluding carboxylic acids is 2. The van der Waals surface area contributed by atoms with Gasteiger partial charge in [0.15, 0.2) is 5.78 Å². The molecule has 3 rings (SSSR count). The number of carbonyl (C=O) groups is 2. The molecule has 0 aliphatic carbocycles. The van der Waals surface area contributed by atoms with Crippen LogP contribution < -0.4 is 4.90 Å². The van der Waals surface area contributed by atoms with Gasteiger partial charge in [0.2, 0.25) is 5.91 Å². The monoisotopic (exact) mass is 334 g/mol. The lowest BCUT2D eigenvalue weighted by Crippen LogP contribution is -2.36. The van der Waals surface area contributed by atoms with E-state index >= 15 is 0 Å². The Morgan fingerprint density at radius 1 is 1.04 bits per heavy atom. The lowest BCUT2D eigenvalue weighted by atomic mass is 10.1. The number of anilines is 1. The molecule has 0 bridgehead atoms. The van der Waals surface area contributed by atoms with Gasteiger partial charge in [0, 0.05) is 34.9 Å². The van der Waals surface area contributed by atoms with Gasteiger partial charge in [0.1, 0.15) is 6.04 Å². The van der Waals surface area contributed by atoms with Crippen LogP contribution in [0, 0.1) is 0 Å². The molecule has 0 fully saturated rings. The molecule has 0 N–H and O–H groups in total. The predicted molar refractivity (Wildman–Crippen MR) is 101 cm³/mol. The Labute approximate surface area is 147 Å². The van der Waals surface area contributed by atoms with E-state index in [0.29, 0.717) is 12.1 Å². The van der Waals surface area contributed by atoms with Gasteiger partial charge in [-0.1, -0.05) is 36.4 Å². The first-order chi connectivity index (χ1) is 12.0. The Hall–Kier alpha value is -2.88. The van der Waals surface area contributed by atoms with Crippen molar-refractivity contribution in [3.05, 3.63) is 66.4 Å². The second kappa shape index (κ2) is 6.93. The fourth-order valence-electron chi connectivity index (χ4n) is 3.22. The second-order valence-electron chi connectivity index (χ2n) is 6.12. The molecule has 1 heterocycles. The zero-order valence-corrected chi connectivity index (χ0v) is 14.8. The van der Waals surface area contributed by atoms with E-state index in [1.165, 1.54) is 0 Å².